The number of carbonyl (C=O) groups excluding carboxylic acids is 1. The summed E-state index contributed by atoms with van der Waals surface area (Å²) >= 11 is 1.45. The highest BCUT2D eigenvalue weighted by Gasteiger charge is 2.30. The predicted molar refractivity (Wildman–Crippen MR) is 136 cm³/mol. The van der Waals surface area contributed by atoms with Crippen LogP contribution in [0.1, 0.15) is 61.8 Å². The Morgan fingerprint density at radius 1 is 1.06 bits per heavy atom. The molecule has 6 nitrogen and oxygen atoms in total. The number of sulfonamides is 1. The second-order valence-corrected chi connectivity index (χ2v) is 12.4. The van der Waals surface area contributed by atoms with Crippen LogP contribution in [0.3, 0.4) is 0 Å². The Balaban J connectivity index is 1.47. The molecular formula is C26H31N3O3S2. The fraction of sp³-hybridized carbons (Fsp3) is 0.462. The molecule has 2 aromatic carbocycles. The van der Waals surface area contributed by atoms with Crippen molar-refractivity contribution in [2.75, 3.05) is 18.8 Å². The van der Waals surface area contributed by atoms with Gasteiger partial charge < -0.3 is 4.57 Å². The Morgan fingerprint density at radius 3 is 2.56 bits per heavy atom. The van der Waals surface area contributed by atoms with Crippen molar-refractivity contribution in [3.63, 3.8) is 0 Å². The van der Waals surface area contributed by atoms with E-state index >= 15 is 0 Å². The third-order valence-electron chi connectivity index (χ3n) is 7.00. The first kappa shape index (κ1) is 23.6. The van der Waals surface area contributed by atoms with Crippen molar-refractivity contribution in [1.82, 2.24) is 13.9 Å². The van der Waals surface area contributed by atoms with Crippen LogP contribution in [0.25, 0.3) is 11.0 Å². The second-order valence-electron chi connectivity index (χ2n) is 9.54. The molecule has 1 aliphatic heterocycles. The zero-order chi connectivity index (χ0) is 23.7. The molecule has 3 aromatic rings. The molecule has 1 aromatic heterocycles. The third-order valence-corrected chi connectivity index (χ3v) is 9.82. The van der Waals surface area contributed by atoms with Crippen molar-refractivity contribution in [2.24, 2.45) is 5.92 Å². The number of hydrogen-bond donors (Lipinski definition) is 0. The Bertz CT molecular complexity index is 1280. The van der Waals surface area contributed by atoms with Gasteiger partial charge in [-0.05, 0) is 49.8 Å². The molecule has 0 N–H and O–H groups in total. The SMILES string of the molecule is CC1CCCN(S(=O)(=O)c2ccc3c(c2)nc(SCC(=O)c2ccccc2)n3C2CCCC2)C1. The number of thioether (sulfide) groups is 1. The molecule has 0 spiro atoms. The summed E-state index contributed by atoms with van der Waals surface area (Å²) in [6, 6.07) is 15.0. The van der Waals surface area contributed by atoms with Crippen LogP contribution in [-0.4, -0.2) is 46.9 Å². The van der Waals surface area contributed by atoms with Crippen molar-refractivity contribution in [2.45, 2.75) is 61.5 Å². The first-order chi connectivity index (χ1) is 16.4. The average molecular weight is 498 g/mol. The van der Waals surface area contributed by atoms with Crippen LogP contribution >= 0.6 is 11.8 Å². The molecule has 5 rings (SSSR count). The molecule has 1 unspecified atom stereocenters. The van der Waals surface area contributed by atoms with E-state index in [1.165, 1.54) is 24.6 Å². The summed E-state index contributed by atoms with van der Waals surface area (Å²) in [5, 5.41) is 0.798. The van der Waals surface area contributed by atoms with Crippen molar-refractivity contribution >= 4 is 38.6 Å². The summed E-state index contributed by atoms with van der Waals surface area (Å²) in [6.45, 7) is 3.25. The van der Waals surface area contributed by atoms with Gasteiger partial charge in [0.25, 0.3) is 0 Å². The fourth-order valence-corrected chi connectivity index (χ4v) is 7.78. The van der Waals surface area contributed by atoms with Crippen LogP contribution < -0.4 is 0 Å². The Morgan fingerprint density at radius 2 is 1.82 bits per heavy atom. The number of Topliss-reactive ketones (excluding diaryl/α,β-unsaturated/α-hetero) is 1. The normalized spacial score (nSPS) is 20.2. The lowest BCUT2D eigenvalue weighted by Crippen LogP contribution is -2.39. The quantitative estimate of drug-likeness (QED) is 0.316. The molecular weight excluding hydrogens is 466 g/mol. The van der Waals surface area contributed by atoms with Crippen LogP contribution in [0.15, 0.2) is 58.6 Å². The first-order valence-electron chi connectivity index (χ1n) is 12.2. The number of fused-ring (bicyclic) bond motifs is 1. The molecule has 8 heteroatoms. The van der Waals surface area contributed by atoms with Crippen LogP contribution in [0, 0.1) is 5.92 Å². The van der Waals surface area contributed by atoms with Gasteiger partial charge in [0.2, 0.25) is 10.0 Å². The van der Waals surface area contributed by atoms with E-state index in [1.807, 2.05) is 36.4 Å². The van der Waals surface area contributed by atoms with E-state index in [4.69, 9.17) is 4.98 Å². The predicted octanol–water partition coefficient (Wildman–Crippen LogP) is 5.55. The first-order valence-corrected chi connectivity index (χ1v) is 14.6. The van der Waals surface area contributed by atoms with Gasteiger partial charge in [-0.25, -0.2) is 13.4 Å². The van der Waals surface area contributed by atoms with Gasteiger partial charge in [-0.1, -0.05) is 61.9 Å². The lowest BCUT2D eigenvalue weighted by Gasteiger charge is -2.30. The number of carbonyl (C=O) groups is 1. The van der Waals surface area contributed by atoms with E-state index in [2.05, 4.69) is 11.5 Å². The number of hydrogen-bond acceptors (Lipinski definition) is 5. The molecule has 0 amide bonds. The summed E-state index contributed by atoms with van der Waals surface area (Å²) < 4.78 is 30.5. The van der Waals surface area contributed by atoms with Crippen LogP contribution in [0.4, 0.5) is 0 Å². The highest BCUT2D eigenvalue weighted by molar-refractivity contribution is 7.99. The second kappa shape index (κ2) is 9.84. The molecule has 34 heavy (non-hydrogen) atoms. The highest BCUT2D eigenvalue weighted by Crippen LogP contribution is 2.37. The number of piperidine rings is 1. The average Bonchev–Trinajstić information content (AvgIpc) is 3.50. The van der Waals surface area contributed by atoms with Crippen LogP contribution in [-0.2, 0) is 10.0 Å². The van der Waals surface area contributed by atoms with Gasteiger partial charge in [-0.15, -0.1) is 0 Å². The lowest BCUT2D eigenvalue weighted by molar-refractivity contribution is 0.102. The minimum absolute atomic E-state index is 0.0677. The van der Waals surface area contributed by atoms with Crippen molar-refractivity contribution < 1.29 is 13.2 Å². The minimum atomic E-state index is -3.55. The van der Waals surface area contributed by atoms with Crippen molar-refractivity contribution in [3.05, 3.63) is 54.1 Å². The molecule has 1 aliphatic carbocycles. The number of imidazole rings is 1. The smallest absolute Gasteiger partial charge is 0.243 e. The molecule has 2 aliphatic rings. The van der Waals surface area contributed by atoms with Crippen molar-refractivity contribution in [1.29, 1.82) is 0 Å². The molecule has 180 valence electrons. The Kier molecular flexibility index (Phi) is 6.82. The summed E-state index contributed by atoms with van der Waals surface area (Å²) in [6.07, 6.45) is 6.48. The van der Waals surface area contributed by atoms with Crippen molar-refractivity contribution in [3.8, 4) is 0 Å². The topological polar surface area (TPSA) is 72.3 Å². The Labute approximate surface area is 205 Å². The van der Waals surface area contributed by atoms with Crippen LogP contribution in [0.5, 0.6) is 0 Å². The van der Waals surface area contributed by atoms with E-state index in [0.29, 0.717) is 46.8 Å². The van der Waals surface area contributed by atoms with E-state index < -0.39 is 10.0 Å². The Hall–Kier alpha value is -2.16. The van der Waals surface area contributed by atoms with Gasteiger partial charge in [0, 0.05) is 24.7 Å². The van der Waals surface area contributed by atoms with Gasteiger partial charge >= 0.3 is 0 Å². The summed E-state index contributed by atoms with van der Waals surface area (Å²) in [7, 11) is -3.55. The number of nitrogens with zero attached hydrogens (tertiary/aromatic N) is 3. The summed E-state index contributed by atoms with van der Waals surface area (Å²) in [4.78, 5) is 17.9. The maximum absolute atomic E-state index is 13.3. The fourth-order valence-electron chi connectivity index (χ4n) is 5.19. The van der Waals surface area contributed by atoms with E-state index in [0.717, 1.165) is 36.4 Å². The van der Waals surface area contributed by atoms with Gasteiger partial charge in [-0.2, -0.15) is 4.31 Å². The number of benzene rings is 2. The maximum Gasteiger partial charge on any atom is 0.243 e. The van der Waals surface area contributed by atoms with E-state index in [1.54, 1.807) is 16.4 Å². The zero-order valence-electron chi connectivity index (χ0n) is 19.5. The molecule has 2 fully saturated rings. The molecule has 0 bridgehead atoms. The number of aromatic nitrogens is 2. The molecule has 1 saturated heterocycles. The summed E-state index contributed by atoms with van der Waals surface area (Å²) in [5.74, 6) is 0.744. The monoisotopic (exact) mass is 497 g/mol. The highest BCUT2D eigenvalue weighted by atomic mass is 32.2. The maximum atomic E-state index is 13.3. The van der Waals surface area contributed by atoms with Gasteiger partial charge in [0.1, 0.15) is 0 Å². The third kappa shape index (κ3) is 4.68. The molecule has 2 heterocycles. The minimum Gasteiger partial charge on any atom is -0.316 e. The molecule has 0 radical (unpaired) electrons. The standard InChI is InChI=1S/C26H31N3O3S2/c1-19-8-7-15-28(17-19)34(31,32)22-13-14-24-23(16-22)27-26(29(24)21-11-5-6-12-21)33-18-25(30)20-9-3-2-4-10-20/h2-4,9-10,13-14,16,19,21H,5-8,11-12,15,17-18H2,1H3. The van der Waals surface area contributed by atoms with E-state index in [-0.39, 0.29) is 5.78 Å². The zero-order valence-corrected chi connectivity index (χ0v) is 21.2. The van der Waals surface area contributed by atoms with Crippen LogP contribution in [0.2, 0.25) is 0 Å². The van der Waals surface area contributed by atoms with Gasteiger partial charge in [0.15, 0.2) is 10.9 Å². The summed E-state index contributed by atoms with van der Waals surface area (Å²) in [5.41, 5.74) is 2.34. The number of rotatable bonds is 7. The lowest BCUT2D eigenvalue weighted by atomic mass is 10.0. The number of ketones is 1. The largest absolute Gasteiger partial charge is 0.316 e. The molecule has 1 atom stereocenters. The van der Waals surface area contributed by atoms with Gasteiger partial charge in [-0.3, -0.25) is 4.79 Å². The van der Waals surface area contributed by atoms with Gasteiger partial charge in [0.05, 0.1) is 21.7 Å². The van der Waals surface area contributed by atoms with E-state index in [9.17, 15) is 13.2 Å². The molecule has 1 saturated carbocycles.